The van der Waals surface area contributed by atoms with Crippen LogP contribution in [0.25, 0.3) is 0 Å². The van der Waals surface area contributed by atoms with Gasteiger partial charge in [0.05, 0.1) is 18.0 Å². The zero-order valence-electron chi connectivity index (χ0n) is 8.74. The Bertz CT molecular complexity index is 259. The lowest BCUT2D eigenvalue weighted by Gasteiger charge is -2.33. The van der Waals surface area contributed by atoms with Crippen molar-refractivity contribution in [1.29, 1.82) is 0 Å². The largest absolute Gasteiger partial charge is 0.481 e. The van der Waals surface area contributed by atoms with Gasteiger partial charge in [-0.05, 0) is 12.8 Å². The van der Waals surface area contributed by atoms with E-state index in [4.69, 9.17) is 16.6 Å². The minimum absolute atomic E-state index is 0.301. The van der Waals surface area contributed by atoms with Gasteiger partial charge in [0.2, 0.25) is 0 Å². The quantitative estimate of drug-likeness (QED) is 0.611. The molecule has 0 aliphatic heterocycles. The van der Waals surface area contributed by atoms with Gasteiger partial charge < -0.3 is 16.6 Å². The van der Waals surface area contributed by atoms with Crippen molar-refractivity contribution in [2.45, 2.75) is 50.1 Å². The molecular formula is C10H18N2O3. The number of carbonyl (C=O) groups is 2. The second-order valence-corrected chi connectivity index (χ2v) is 4.29. The van der Waals surface area contributed by atoms with Crippen LogP contribution in [0.15, 0.2) is 0 Å². The van der Waals surface area contributed by atoms with Gasteiger partial charge in [-0.1, -0.05) is 19.3 Å². The van der Waals surface area contributed by atoms with E-state index in [2.05, 4.69) is 0 Å². The van der Waals surface area contributed by atoms with Crippen molar-refractivity contribution < 1.29 is 14.7 Å². The molecule has 0 amide bonds. The first-order valence-electron chi connectivity index (χ1n) is 5.26. The van der Waals surface area contributed by atoms with E-state index in [-0.39, 0.29) is 12.2 Å². The van der Waals surface area contributed by atoms with Crippen molar-refractivity contribution in [3.63, 3.8) is 0 Å². The smallest absolute Gasteiger partial charge is 0.305 e. The molecule has 5 nitrogen and oxygen atoms in total. The fourth-order valence-electron chi connectivity index (χ4n) is 2.08. The highest BCUT2D eigenvalue weighted by Gasteiger charge is 2.38. The van der Waals surface area contributed by atoms with Crippen LogP contribution in [0.1, 0.15) is 38.5 Å². The Hall–Kier alpha value is -0.940. The third-order valence-corrected chi connectivity index (χ3v) is 2.97. The third-order valence-electron chi connectivity index (χ3n) is 2.97. The Morgan fingerprint density at radius 2 is 1.80 bits per heavy atom. The van der Waals surface area contributed by atoms with Crippen molar-refractivity contribution in [2.24, 2.45) is 11.5 Å². The van der Waals surface area contributed by atoms with E-state index < -0.39 is 17.6 Å². The summed E-state index contributed by atoms with van der Waals surface area (Å²) in [6, 6.07) is -0.967. The number of aliphatic carboxylic acids is 1. The first-order chi connectivity index (χ1) is 6.96. The molecule has 0 aromatic carbocycles. The number of hydrogen-bond donors (Lipinski definition) is 3. The Morgan fingerprint density at radius 3 is 2.27 bits per heavy atom. The van der Waals surface area contributed by atoms with Crippen LogP contribution in [0.2, 0.25) is 0 Å². The standard InChI is InChI=1S/C10H18N2O3/c11-7(6-8(13)14)9(15)10(12)4-2-1-3-5-10/h7H,1-6,11-12H2,(H,13,14). The minimum Gasteiger partial charge on any atom is -0.481 e. The van der Waals surface area contributed by atoms with Crippen molar-refractivity contribution >= 4 is 11.8 Å². The van der Waals surface area contributed by atoms with Gasteiger partial charge in [0.25, 0.3) is 0 Å². The highest BCUT2D eigenvalue weighted by atomic mass is 16.4. The molecule has 15 heavy (non-hydrogen) atoms. The monoisotopic (exact) mass is 214 g/mol. The second kappa shape index (κ2) is 4.72. The summed E-state index contributed by atoms with van der Waals surface area (Å²) in [5, 5.41) is 8.54. The van der Waals surface area contributed by atoms with Gasteiger partial charge in [0.15, 0.2) is 5.78 Å². The molecule has 1 unspecified atom stereocenters. The molecule has 0 aromatic rings. The van der Waals surface area contributed by atoms with E-state index in [0.29, 0.717) is 12.8 Å². The third kappa shape index (κ3) is 3.00. The number of ketones is 1. The summed E-state index contributed by atoms with van der Waals surface area (Å²) in [6.07, 6.45) is 3.83. The van der Waals surface area contributed by atoms with Gasteiger partial charge in [0.1, 0.15) is 0 Å². The normalized spacial score (nSPS) is 22.0. The molecular weight excluding hydrogens is 196 g/mol. The predicted molar refractivity (Wildman–Crippen MR) is 55.2 cm³/mol. The van der Waals surface area contributed by atoms with E-state index in [0.717, 1.165) is 19.3 Å². The van der Waals surface area contributed by atoms with Gasteiger partial charge in [-0.3, -0.25) is 9.59 Å². The number of Topliss-reactive ketones (excluding diaryl/α,β-unsaturated/α-hetero) is 1. The lowest BCUT2D eigenvalue weighted by Crippen LogP contribution is -2.56. The average Bonchev–Trinajstić information content (AvgIpc) is 2.16. The molecule has 1 saturated carbocycles. The van der Waals surface area contributed by atoms with Crippen LogP contribution < -0.4 is 11.5 Å². The van der Waals surface area contributed by atoms with Crippen molar-refractivity contribution in [3.05, 3.63) is 0 Å². The molecule has 1 fully saturated rings. The molecule has 1 aliphatic carbocycles. The van der Waals surface area contributed by atoms with Crippen LogP contribution in [0, 0.1) is 0 Å². The fourth-order valence-corrected chi connectivity index (χ4v) is 2.08. The molecule has 0 spiro atoms. The van der Waals surface area contributed by atoms with Crippen molar-refractivity contribution in [1.82, 2.24) is 0 Å². The Balaban J connectivity index is 2.61. The van der Waals surface area contributed by atoms with Crippen molar-refractivity contribution in [3.8, 4) is 0 Å². The van der Waals surface area contributed by atoms with E-state index in [1.807, 2.05) is 0 Å². The van der Waals surface area contributed by atoms with Crippen LogP contribution in [0.3, 0.4) is 0 Å². The Kier molecular flexibility index (Phi) is 3.82. The van der Waals surface area contributed by atoms with Gasteiger partial charge in [-0.15, -0.1) is 0 Å². The number of carboxylic acid groups (broad SMARTS) is 1. The number of nitrogens with two attached hydrogens (primary N) is 2. The summed E-state index contributed by atoms with van der Waals surface area (Å²) in [6.45, 7) is 0. The SMILES string of the molecule is NC(CC(=O)O)C(=O)C1(N)CCCCC1. The second-order valence-electron chi connectivity index (χ2n) is 4.29. The minimum atomic E-state index is -1.06. The summed E-state index contributed by atoms with van der Waals surface area (Å²) in [5.74, 6) is -1.36. The van der Waals surface area contributed by atoms with E-state index in [1.165, 1.54) is 0 Å². The maximum absolute atomic E-state index is 11.8. The Morgan fingerprint density at radius 1 is 1.27 bits per heavy atom. The van der Waals surface area contributed by atoms with Crippen LogP contribution in [0.5, 0.6) is 0 Å². The summed E-state index contributed by atoms with van der Waals surface area (Å²) >= 11 is 0. The highest BCUT2D eigenvalue weighted by Crippen LogP contribution is 2.27. The summed E-state index contributed by atoms with van der Waals surface area (Å²) in [5.41, 5.74) is 10.6. The lowest BCUT2D eigenvalue weighted by atomic mass is 9.77. The summed E-state index contributed by atoms with van der Waals surface area (Å²) in [4.78, 5) is 22.3. The molecule has 0 heterocycles. The maximum atomic E-state index is 11.8. The average molecular weight is 214 g/mol. The van der Waals surface area contributed by atoms with E-state index in [1.54, 1.807) is 0 Å². The zero-order chi connectivity index (χ0) is 11.5. The number of carboxylic acids is 1. The molecule has 1 rings (SSSR count). The van der Waals surface area contributed by atoms with Gasteiger partial charge in [-0.25, -0.2) is 0 Å². The maximum Gasteiger partial charge on any atom is 0.305 e. The van der Waals surface area contributed by atoms with Crippen LogP contribution >= 0.6 is 0 Å². The number of carbonyl (C=O) groups excluding carboxylic acids is 1. The number of hydrogen-bond acceptors (Lipinski definition) is 4. The molecule has 0 saturated heterocycles. The van der Waals surface area contributed by atoms with Crippen LogP contribution in [0.4, 0.5) is 0 Å². The van der Waals surface area contributed by atoms with Crippen LogP contribution in [-0.4, -0.2) is 28.4 Å². The molecule has 86 valence electrons. The first-order valence-corrected chi connectivity index (χ1v) is 5.26. The zero-order valence-corrected chi connectivity index (χ0v) is 8.74. The molecule has 0 aromatic heterocycles. The highest BCUT2D eigenvalue weighted by molar-refractivity contribution is 5.95. The lowest BCUT2D eigenvalue weighted by molar-refractivity contribution is -0.140. The Labute approximate surface area is 88.8 Å². The molecule has 0 bridgehead atoms. The fraction of sp³-hybridized carbons (Fsp3) is 0.800. The molecule has 5 heteroatoms. The predicted octanol–water partition coefficient (Wildman–Crippen LogP) is 0.0191. The van der Waals surface area contributed by atoms with Gasteiger partial charge >= 0.3 is 5.97 Å². The van der Waals surface area contributed by atoms with Gasteiger partial charge in [0, 0.05) is 0 Å². The molecule has 5 N–H and O–H groups in total. The number of rotatable bonds is 4. The first kappa shape index (κ1) is 12.1. The molecule has 0 radical (unpaired) electrons. The van der Waals surface area contributed by atoms with E-state index in [9.17, 15) is 9.59 Å². The van der Waals surface area contributed by atoms with Crippen molar-refractivity contribution in [2.75, 3.05) is 0 Å². The summed E-state index contributed by atoms with van der Waals surface area (Å²) < 4.78 is 0. The topological polar surface area (TPSA) is 106 Å². The van der Waals surface area contributed by atoms with Gasteiger partial charge in [-0.2, -0.15) is 0 Å². The molecule has 1 atom stereocenters. The summed E-state index contributed by atoms with van der Waals surface area (Å²) in [7, 11) is 0. The van der Waals surface area contributed by atoms with Crippen LogP contribution in [-0.2, 0) is 9.59 Å². The van der Waals surface area contributed by atoms with E-state index >= 15 is 0 Å². The molecule has 1 aliphatic rings.